The Morgan fingerprint density at radius 3 is 3.00 bits per heavy atom. The van der Waals surface area contributed by atoms with Gasteiger partial charge in [-0.15, -0.1) is 0 Å². The van der Waals surface area contributed by atoms with E-state index in [1.54, 1.807) is 6.20 Å². The van der Waals surface area contributed by atoms with E-state index in [2.05, 4.69) is 31.9 Å². The van der Waals surface area contributed by atoms with Crippen molar-refractivity contribution in [2.24, 2.45) is 0 Å². The van der Waals surface area contributed by atoms with Crippen molar-refractivity contribution >= 4 is 21.6 Å². The van der Waals surface area contributed by atoms with Gasteiger partial charge in [0, 0.05) is 29.7 Å². The van der Waals surface area contributed by atoms with Crippen LogP contribution in [0.25, 0.3) is 0 Å². The number of hydrogen-bond acceptors (Lipinski definition) is 4. The third-order valence-corrected chi connectivity index (χ3v) is 3.98. The Hall–Kier alpha value is -2.06. The van der Waals surface area contributed by atoms with Crippen LogP contribution in [-0.4, -0.2) is 24.2 Å². The van der Waals surface area contributed by atoms with E-state index < -0.39 is 0 Å². The van der Waals surface area contributed by atoms with Gasteiger partial charge in [0.15, 0.2) is 0 Å². The Morgan fingerprint density at radius 1 is 1.33 bits per heavy atom. The molecule has 1 aliphatic heterocycles. The number of nitrogens with zero attached hydrogens (tertiary/aromatic N) is 3. The fourth-order valence-electron chi connectivity index (χ4n) is 2.50. The number of ether oxygens (including phenoxy) is 1. The average Bonchev–Trinajstić information content (AvgIpc) is 2.96. The van der Waals surface area contributed by atoms with Gasteiger partial charge < -0.3 is 9.64 Å². The molecule has 5 heteroatoms. The van der Waals surface area contributed by atoms with E-state index in [9.17, 15) is 5.26 Å². The number of nitriles is 1. The highest BCUT2D eigenvalue weighted by Gasteiger charge is 2.26. The van der Waals surface area contributed by atoms with E-state index in [1.165, 1.54) is 0 Å². The summed E-state index contributed by atoms with van der Waals surface area (Å²) in [7, 11) is 0. The van der Waals surface area contributed by atoms with Gasteiger partial charge >= 0.3 is 0 Å². The van der Waals surface area contributed by atoms with Gasteiger partial charge in [-0.2, -0.15) is 5.26 Å². The predicted molar refractivity (Wildman–Crippen MR) is 84.3 cm³/mol. The van der Waals surface area contributed by atoms with Crippen molar-refractivity contribution in [3.63, 3.8) is 0 Å². The number of aromatic nitrogens is 1. The lowest BCUT2D eigenvalue weighted by atomic mass is 10.2. The summed E-state index contributed by atoms with van der Waals surface area (Å²) in [5, 5.41) is 9.27. The monoisotopic (exact) mass is 343 g/mol. The predicted octanol–water partition coefficient (Wildman–Crippen LogP) is 3.37. The second-order valence-corrected chi connectivity index (χ2v) is 5.83. The van der Waals surface area contributed by atoms with E-state index in [0.29, 0.717) is 11.4 Å². The quantitative estimate of drug-likeness (QED) is 0.857. The maximum Gasteiger partial charge on any atom is 0.213 e. The first-order chi connectivity index (χ1) is 10.3. The molecule has 0 spiro atoms. The lowest BCUT2D eigenvalue weighted by Crippen LogP contribution is -2.25. The van der Waals surface area contributed by atoms with Crippen LogP contribution in [0.1, 0.15) is 12.0 Å². The SMILES string of the molecule is N#Cc1cc(Br)ccc1N1CCC(Oc2ccccn2)C1. The number of rotatable bonds is 3. The molecule has 21 heavy (non-hydrogen) atoms. The summed E-state index contributed by atoms with van der Waals surface area (Å²) in [6.45, 7) is 1.65. The zero-order valence-electron chi connectivity index (χ0n) is 11.4. The minimum atomic E-state index is 0.107. The summed E-state index contributed by atoms with van der Waals surface area (Å²) in [5.41, 5.74) is 1.65. The summed E-state index contributed by atoms with van der Waals surface area (Å²) in [6, 6.07) is 13.7. The fraction of sp³-hybridized carbons (Fsp3) is 0.250. The maximum absolute atomic E-state index is 9.27. The second-order valence-electron chi connectivity index (χ2n) is 4.92. The standard InChI is InChI=1S/C16H14BrN3O/c17-13-4-5-15(12(9-13)10-18)20-8-6-14(11-20)21-16-3-1-2-7-19-16/h1-5,7,9,14H,6,8,11H2. The Labute approximate surface area is 132 Å². The van der Waals surface area contributed by atoms with Gasteiger partial charge in [-0.05, 0) is 24.3 Å². The van der Waals surface area contributed by atoms with Crippen molar-refractivity contribution in [3.05, 3.63) is 52.6 Å². The highest BCUT2D eigenvalue weighted by molar-refractivity contribution is 9.10. The lowest BCUT2D eigenvalue weighted by molar-refractivity contribution is 0.216. The molecule has 1 unspecified atom stereocenters. The lowest BCUT2D eigenvalue weighted by Gasteiger charge is -2.20. The first-order valence-electron chi connectivity index (χ1n) is 6.78. The van der Waals surface area contributed by atoms with Gasteiger partial charge in [0.25, 0.3) is 0 Å². The molecule has 2 heterocycles. The van der Waals surface area contributed by atoms with Crippen LogP contribution in [0.3, 0.4) is 0 Å². The molecule has 1 aromatic heterocycles. The zero-order valence-corrected chi connectivity index (χ0v) is 13.0. The second kappa shape index (κ2) is 6.15. The molecule has 0 N–H and O–H groups in total. The molecule has 3 rings (SSSR count). The summed E-state index contributed by atoms with van der Waals surface area (Å²) in [5.74, 6) is 0.653. The molecular weight excluding hydrogens is 330 g/mol. The highest BCUT2D eigenvalue weighted by Crippen LogP contribution is 2.28. The Bertz CT molecular complexity index is 669. The van der Waals surface area contributed by atoms with Gasteiger partial charge in [-0.25, -0.2) is 4.98 Å². The van der Waals surface area contributed by atoms with Gasteiger partial charge in [0.05, 0.1) is 17.8 Å². The third kappa shape index (κ3) is 3.17. The number of anilines is 1. The molecule has 4 nitrogen and oxygen atoms in total. The normalized spacial score (nSPS) is 17.5. The van der Waals surface area contributed by atoms with Gasteiger partial charge in [0.1, 0.15) is 12.2 Å². The minimum absolute atomic E-state index is 0.107. The van der Waals surface area contributed by atoms with Crippen molar-refractivity contribution in [2.45, 2.75) is 12.5 Å². The van der Waals surface area contributed by atoms with Crippen molar-refractivity contribution in [3.8, 4) is 11.9 Å². The number of benzene rings is 1. The van der Waals surface area contributed by atoms with Crippen LogP contribution in [0, 0.1) is 11.3 Å². The Balaban J connectivity index is 1.71. The first-order valence-corrected chi connectivity index (χ1v) is 7.58. The molecule has 0 aliphatic carbocycles. The fourth-order valence-corrected chi connectivity index (χ4v) is 2.87. The van der Waals surface area contributed by atoms with Crippen LogP contribution in [0.4, 0.5) is 5.69 Å². The molecule has 0 amide bonds. The van der Waals surface area contributed by atoms with Gasteiger partial charge in [-0.1, -0.05) is 22.0 Å². The Morgan fingerprint density at radius 2 is 2.24 bits per heavy atom. The van der Waals surface area contributed by atoms with Crippen LogP contribution in [0.5, 0.6) is 5.88 Å². The Kier molecular flexibility index (Phi) is 4.07. The van der Waals surface area contributed by atoms with Crippen molar-refractivity contribution in [1.29, 1.82) is 5.26 Å². The van der Waals surface area contributed by atoms with E-state index >= 15 is 0 Å². The first kappa shape index (κ1) is 13.9. The molecule has 1 aliphatic rings. The molecular formula is C16H14BrN3O. The molecule has 1 atom stereocenters. The molecule has 1 aromatic carbocycles. The molecule has 0 radical (unpaired) electrons. The molecule has 106 valence electrons. The summed E-state index contributed by atoms with van der Waals surface area (Å²) in [4.78, 5) is 6.38. The van der Waals surface area contributed by atoms with Crippen LogP contribution in [0.15, 0.2) is 47.1 Å². The molecule has 1 fully saturated rings. The molecule has 0 bridgehead atoms. The van der Waals surface area contributed by atoms with E-state index in [4.69, 9.17) is 4.74 Å². The van der Waals surface area contributed by atoms with E-state index in [0.717, 1.165) is 29.7 Å². The topological polar surface area (TPSA) is 49.2 Å². The van der Waals surface area contributed by atoms with E-state index in [1.807, 2.05) is 36.4 Å². The van der Waals surface area contributed by atoms with Crippen molar-refractivity contribution < 1.29 is 4.74 Å². The number of halogens is 1. The van der Waals surface area contributed by atoms with Crippen LogP contribution >= 0.6 is 15.9 Å². The average molecular weight is 344 g/mol. The third-order valence-electron chi connectivity index (χ3n) is 3.49. The van der Waals surface area contributed by atoms with Crippen LogP contribution in [-0.2, 0) is 0 Å². The van der Waals surface area contributed by atoms with E-state index in [-0.39, 0.29) is 6.10 Å². The number of pyridine rings is 1. The maximum atomic E-state index is 9.27. The molecule has 2 aromatic rings. The largest absolute Gasteiger partial charge is 0.472 e. The smallest absolute Gasteiger partial charge is 0.213 e. The minimum Gasteiger partial charge on any atom is -0.472 e. The van der Waals surface area contributed by atoms with Crippen molar-refractivity contribution in [2.75, 3.05) is 18.0 Å². The van der Waals surface area contributed by atoms with Crippen LogP contribution < -0.4 is 9.64 Å². The molecule has 0 saturated carbocycles. The summed E-state index contributed by atoms with van der Waals surface area (Å²) in [6.07, 6.45) is 2.76. The van der Waals surface area contributed by atoms with Gasteiger partial charge in [-0.3, -0.25) is 0 Å². The highest BCUT2D eigenvalue weighted by atomic mass is 79.9. The molecule has 1 saturated heterocycles. The zero-order chi connectivity index (χ0) is 14.7. The summed E-state index contributed by atoms with van der Waals surface area (Å²) < 4.78 is 6.80. The summed E-state index contributed by atoms with van der Waals surface area (Å²) >= 11 is 3.40. The number of hydrogen-bond donors (Lipinski definition) is 0. The van der Waals surface area contributed by atoms with Crippen LogP contribution in [0.2, 0.25) is 0 Å². The van der Waals surface area contributed by atoms with Gasteiger partial charge in [0.2, 0.25) is 5.88 Å². The van der Waals surface area contributed by atoms with Crippen molar-refractivity contribution in [1.82, 2.24) is 4.98 Å².